The van der Waals surface area contributed by atoms with E-state index in [0.29, 0.717) is 23.2 Å². The second-order valence-corrected chi connectivity index (χ2v) is 9.22. The van der Waals surface area contributed by atoms with Gasteiger partial charge in [-0.1, -0.05) is 24.3 Å². The van der Waals surface area contributed by atoms with Crippen LogP contribution < -0.4 is 0 Å². The highest BCUT2D eigenvalue weighted by Gasteiger charge is 2.33. The van der Waals surface area contributed by atoms with Crippen LogP contribution >= 0.6 is 11.3 Å². The summed E-state index contributed by atoms with van der Waals surface area (Å²) in [5, 5.41) is 11.0. The van der Waals surface area contributed by atoms with Crippen LogP contribution in [-0.4, -0.2) is 30.9 Å². The summed E-state index contributed by atoms with van der Waals surface area (Å²) in [5.74, 6) is 0.353. The summed E-state index contributed by atoms with van der Waals surface area (Å²) in [5.41, 5.74) is 3.09. The van der Waals surface area contributed by atoms with Crippen molar-refractivity contribution >= 4 is 21.4 Å². The summed E-state index contributed by atoms with van der Waals surface area (Å²) < 4.78 is 27.3. The third-order valence-corrected chi connectivity index (χ3v) is 7.68. The molecule has 1 aromatic heterocycles. The number of aliphatic hydroxyl groups excluding tert-OH is 1. The van der Waals surface area contributed by atoms with Gasteiger partial charge in [-0.25, -0.2) is 8.42 Å². The van der Waals surface area contributed by atoms with E-state index >= 15 is 0 Å². The number of thiophene rings is 1. The first kappa shape index (κ1) is 16.6. The van der Waals surface area contributed by atoms with Crippen LogP contribution in [0.3, 0.4) is 0 Å². The van der Waals surface area contributed by atoms with Gasteiger partial charge in [0.2, 0.25) is 0 Å². The van der Waals surface area contributed by atoms with Crippen molar-refractivity contribution in [3.63, 3.8) is 0 Å². The second-order valence-electron chi connectivity index (χ2n) is 6.14. The lowest BCUT2D eigenvalue weighted by Gasteiger charge is -2.15. The Morgan fingerprint density at radius 2 is 1.96 bits per heavy atom. The molecule has 6 heteroatoms. The maximum Gasteiger partial charge on any atom is 0.252 e. The molecule has 0 spiro atoms. The molecule has 1 N–H and O–H groups in total. The smallest absolute Gasteiger partial charge is 0.252 e. The predicted octanol–water partition coefficient (Wildman–Crippen LogP) is 2.80. The van der Waals surface area contributed by atoms with E-state index in [1.54, 1.807) is 10.4 Å². The summed E-state index contributed by atoms with van der Waals surface area (Å²) in [6, 6.07) is 9.64. The Balaban J connectivity index is 1.66. The van der Waals surface area contributed by atoms with Crippen LogP contribution in [-0.2, 0) is 23.1 Å². The van der Waals surface area contributed by atoms with E-state index in [1.807, 2.05) is 36.6 Å². The standard InChI is InChI=1S/C17H21NO3S2/c1-13-8-17(22-12-13)23(20,21)18-7-6-16(10-18)9-14-2-4-15(11-19)5-3-14/h2-5,8,12,16,19H,6-7,9-11H2,1H3. The van der Waals surface area contributed by atoms with Crippen molar-refractivity contribution in [3.05, 3.63) is 52.4 Å². The van der Waals surface area contributed by atoms with E-state index in [9.17, 15) is 8.42 Å². The van der Waals surface area contributed by atoms with Crippen LogP contribution in [0.25, 0.3) is 0 Å². The minimum Gasteiger partial charge on any atom is -0.392 e. The molecule has 0 amide bonds. The molecular formula is C17H21NO3S2. The summed E-state index contributed by atoms with van der Waals surface area (Å²) in [6.45, 7) is 3.15. The van der Waals surface area contributed by atoms with E-state index in [0.717, 1.165) is 24.0 Å². The molecule has 1 aliphatic rings. The fourth-order valence-electron chi connectivity index (χ4n) is 2.96. The Bertz CT molecular complexity index is 765. The van der Waals surface area contributed by atoms with Gasteiger partial charge in [-0.2, -0.15) is 4.31 Å². The monoisotopic (exact) mass is 351 g/mol. The highest BCUT2D eigenvalue weighted by atomic mass is 32.2. The van der Waals surface area contributed by atoms with Crippen molar-refractivity contribution in [1.29, 1.82) is 0 Å². The zero-order valence-electron chi connectivity index (χ0n) is 13.1. The average Bonchev–Trinajstić information content (AvgIpc) is 3.18. The van der Waals surface area contributed by atoms with Gasteiger partial charge < -0.3 is 5.11 Å². The van der Waals surface area contributed by atoms with E-state index in [4.69, 9.17) is 5.11 Å². The van der Waals surface area contributed by atoms with Crippen molar-refractivity contribution in [2.75, 3.05) is 13.1 Å². The molecule has 1 aromatic carbocycles. The average molecular weight is 351 g/mol. The van der Waals surface area contributed by atoms with Crippen LogP contribution in [0.4, 0.5) is 0 Å². The van der Waals surface area contributed by atoms with Gasteiger partial charge in [-0.05, 0) is 53.8 Å². The van der Waals surface area contributed by atoms with Gasteiger partial charge in [0.15, 0.2) is 0 Å². The number of nitrogens with zero attached hydrogens (tertiary/aromatic N) is 1. The van der Waals surface area contributed by atoms with Crippen molar-refractivity contribution in [3.8, 4) is 0 Å². The molecule has 2 heterocycles. The number of hydrogen-bond acceptors (Lipinski definition) is 4. The molecule has 23 heavy (non-hydrogen) atoms. The Morgan fingerprint density at radius 3 is 2.57 bits per heavy atom. The number of aryl methyl sites for hydroxylation is 1. The van der Waals surface area contributed by atoms with E-state index in [1.165, 1.54) is 16.9 Å². The Kier molecular flexibility index (Phi) is 4.87. The van der Waals surface area contributed by atoms with Gasteiger partial charge >= 0.3 is 0 Å². The molecule has 1 aliphatic heterocycles. The first-order valence-corrected chi connectivity index (χ1v) is 10.0. The zero-order valence-corrected chi connectivity index (χ0v) is 14.7. The van der Waals surface area contributed by atoms with Gasteiger partial charge in [0.05, 0.1) is 6.61 Å². The summed E-state index contributed by atoms with van der Waals surface area (Å²) >= 11 is 1.30. The molecule has 0 aliphatic carbocycles. The molecule has 1 atom stereocenters. The molecule has 4 nitrogen and oxygen atoms in total. The zero-order chi connectivity index (χ0) is 16.4. The predicted molar refractivity (Wildman–Crippen MR) is 92.0 cm³/mol. The van der Waals surface area contributed by atoms with E-state index < -0.39 is 10.0 Å². The molecule has 1 fully saturated rings. The quantitative estimate of drug-likeness (QED) is 0.901. The molecule has 0 radical (unpaired) electrons. The lowest BCUT2D eigenvalue weighted by atomic mass is 9.98. The number of hydrogen-bond donors (Lipinski definition) is 1. The Morgan fingerprint density at radius 1 is 1.26 bits per heavy atom. The largest absolute Gasteiger partial charge is 0.392 e. The van der Waals surface area contributed by atoms with Crippen LogP contribution in [0.15, 0.2) is 39.9 Å². The Hall–Kier alpha value is -1.21. The number of benzene rings is 1. The first-order chi connectivity index (χ1) is 11.0. The normalized spacial score (nSPS) is 19.3. The highest BCUT2D eigenvalue weighted by Crippen LogP contribution is 2.29. The molecule has 0 bridgehead atoms. The molecule has 1 saturated heterocycles. The maximum absolute atomic E-state index is 12.6. The summed E-state index contributed by atoms with van der Waals surface area (Å²) in [6.07, 6.45) is 1.77. The van der Waals surface area contributed by atoms with E-state index in [-0.39, 0.29) is 6.61 Å². The third-order valence-electron chi connectivity index (χ3n) is 4.28. The van der Waals surface area contributed by atoms with Crippen molar-refractivity contribution in [1.82, 2.24) is 4.31 Å². The maximum atomic E-state index is 12.6. The lowest BCUT2D eigenvalue weighted by molar-refractivity contribution is 0.282. The summed E-state index contributed by atoms with van der Waals surface area (Å²) in [4.78, 5) is 0. The lowest BCUT2D eigenvalue weighted by Crippen LogP contribution is -2.28. The van der Waals surface area contributed by atoms with Gasteiger partial charge in [-0.3, -0.25) is 0 Å². The third kappa shape index (κ3) is 3.66. The number of aliphatic hydroxyl groups is 1. The molecular weight excluding hydrogens is 330 g/mol. The minimum atomic E-state index is -3.33. The summed E-state index contributed by atoms with van der Waals surface area (Å²) in [7, 11) is -3.33. The second kappa shape index (κ2) is 6.73. The first-order valence-electron chi connectivity index (χ1n) is 7.73. The molecule has 2 aromatic rings. The molecule has 124 valence electrons. The van der Waals surface area contributed by atoms with Gasteiger partial charge in [0.1, 0.15) is 4.21 Å². The fraction of sp³-hybridized carbons (Fsp3) is 0.412. The van der Waals surface area contributed by atoms with Crippen molar-refractivity contribution in [2.45, 2.75) is 30.6 Å². The molecule has 1 unspecified atom stereocenters. The van der Waals surface area contributed by atoms with Crippen LogP contribution in [0.2, 0.25) is 0 Å². The topological polar surface area (TPSA) is 57.6 Å². The van der Waals surface area contributed by atoms with Gasteiger partial charge in [0.25, 0.3) is 10.0 Å². The van der Waals surface area contributed by atoms with Crippen LogP contribution in [0.5, 0.6) is 0 Å². The fourth-order valence-corrected chi connectivity index (χ4v) is 5.88. The SMILES string of the molecule is Cc1csc(S(=O)(=O)N2CCC(Cc3ccc(CO)cc3)C2)c1. The van der Waals surface area contributed by atoms with E-state index in [2.05, 4.69) is 0 Å². The van der Waals surface area contributed by atoms with Gasteiger partial charge in [-0.15, -0.1) is 11.3 Å². The van der Waals surface area contributed by atoms with Crippen molar-refractivity contribution in [2.24, 2.45) is 5.92 Å². The van der Waals surface area contributed by atoms with Crippen molar-refractivity contribution < 1.29 is 13.5 Å². The Labute approximate surface area is 141 Å². The molecule has 0 saturated carbocycles. The van der Waals surface area contributed by atoms with Gasteiger partial charge in [0, 0.05) is 13.1 Å². The minimum absolute atomic E-state index is 0.0515. The number of sulfonamides is 1. The van der Waals surface area contributed by atoms with Crippen LogP contribution in [0.1, 0.15) is 23.1 Å². The highest BCUT2D eigenvalue weighted by molar-refractivity contribution is 7.91. The van der Waals surface area contributed by atoms with Crippen LogP contribution in [0, 0.1) is 12.8 Å². The molecule has 3 rings (SSSR count). The number of rotatable bonds is 5.